The van der Waals surface area contributed by atoms with Crippen molar-refractivity contribution in [3.05, 3.63) is 80.6 Å². The number of unbranched alkanes of at least 4 members (excludes halogenated alkanes) is 1. The van der Waals surface area contributed by atoms with Gasteiger partial charge < -0.3 is 15.5 Å². The molecular formula is C33H48F3N3O2S. The molecule has 1 amide bonds. The Balaban J connectivity index is 0.000000525. The summed E-state index contributed by atoms with van der Waals surface area (Å²) in [4.78, 5) is 27.3. The van der Waals surface area contributed by atoms with Gasteiger partial charge >= 0.3 is 6.18 Å². The lowest BCUT2D eigenvalue weighted by Gasteiger charge is -2.32. The minimum atomic E-state index is -4.49. The Morgan fingerprint density at radius 3 is 2.36 bits per heavy atom. The van der Waals surface area contributed by atoms with Gasteiger partial charge in [-0.2, -0.15) is 13.2 Å². The molecular weight excluding hydrogens is 559 g/mol. The predicted molar refractivity (Wildman–Crippen MR) is 169 cm³/mol. The second kappa shape index (κ2) is 18.5. The Morgan fingerprint density at radius 1 is 1.17 bits per heavy atom. The van der Waals surface area contributed by atoms with Gasteiger partial charge in [0.05, 0.1) is 22.7 Å². The van der Waals surface area contributed by atoms with E-state index < -0.39 is 11.7 Å². The predicted octanol–water partition coefficient (Wildman–Crippen LogP) is 8.77. The number of rotatable bonds is 12. The Hall–Kier alpha value is -3.07. The number of allylic oxidation sites excluding steroid dienone is 7. The molecule has 0 unspecified atom stereocenters. The van der Waals surface area contributed by atoms with Gasteiger partial charge in [-0.15, -0.1) is 11.3 Å². The molecule has 42 heavy (non-hydrogen) atoms. The zero-order chi connectivity index (χ0) is 31.9. The van der Waals surface area contributed by atoms with Gasteiger partial charge in [-0.25, -0.2) is 0 Å². The van der Waals surface area contributed by atoms with Crippen molar-refractivity contribution in [2.24, 2.45) is 0 Å². The van der Waals surface area contributed by atoms with E-state index in [-0.39, 0.29) is 17.4 Å². The van der Waals surface area contributed by atoms with E-state index in [1.807, 2.05) is 30.2 Å². The monoisotopic (exact) mass is 607 g/mol. The SMILES string of the molecule is C=C1NCCCN1/C(=C\CC)C(C)=O.C\C=C(/C=C(\C=C(/C)CC)C(F)(F)F)NC(=O)c1csc(CC)c1CCCC. The van der Waals surface area contributed by atoms with Crippen molar-refractivity contribution in [1.29, 1.82) is 0 Å². The van der Waals surface area contributed by atoms with E-state index in [1.54, 1.807) is 27.7 Å². The molecule has 2 rings (SSSR count). The maximum absolute atomic E-state index is 13.4. The molecule has 1 aromatic rings. The smallest absolute Gasteiger partial charge is 0.372 e. The Kier molecular flexibility index (Phi) is 16.2. The van der Waals surface area contributed by atoms with E-state index in [1.165, 1.54) is 17.4 Å². The van der Waals surface area contributed by atoms with Gasteiger partial charge in [-0.1, -0.05) is 64.5 Å². The van der Waals surface area contributed by atoms with E-state index >= 15 is 0 Å². The number of nitrogens with one attached hydrogen (secondary N) is 2. The van der Waals surface area contributed by atoms with Crippen LogP contribution >= 0.6 is 11.3 Å². The summed E-state index contributed by atoms with van der Waals surface area (Å²) in [6.45, 7) is 18.6. The van der Waals surface area contributed by atoms with Crippen molar-refractivity contribution in [3.63, 3.8) is 0 Å². The van der Waals surface area contributed by atoms with Crippen LogP contribution in [0.25, 0.3) is 0 Å². The standard InChI is InChI=1S/C22H30F3NOS.C11H18N2O/c1-6-10-11-18-19(14-28-20(18)9-4)21(27)26-17(8-3)13-16(22(23,24)25)12-15(5)7-2;1-4-6-11(9(2)14)13-8-5-7-12-10(13)3/h8,12-14H,6-7,9-11H2,1-5H3,(H,26,27);6,12H,3-5,7-8H2,1-2H3/b15-12+,16-13+,17-8+;11-6-. The van der Waals surface area contributed by atoms with Crippen LogP contribution in [0, 0.1) is 0 Å². The first-order chi connectivity index (χ1) is 19.8. The summed E-state index contributed by atoms with van der Waals surface area (Å²) in [5, 5.41) is 7.63. The van der Waals surface area contributed by atoms with Crippen LogP contribution < -0.4 is 10.6 Å². The van der Waals surface area contributed by atoms with Gasteiger partial charge in [0.2, 0.25) is 0 Å². The number of alkyl halides is 3. The second-order valence-corrected chi connectivity index (χ2v) is 11.0. The second-order valence-electron chi connectivity index (χ2n) is 10.1. The number of hydrogen-bond donors (Lipinski definition) is 2. The molecule has 1 aromatic heterocycles. The number of halogens is 3. The highest BCUT2D eigenvalue weighted by Crippen LogP contribution is 2.29. The first-order valence-corrected chi connectivity index (χ1v) is 15.7. The van der Waals surface area contributed by atoms with Crippen LogP contribution in [0.15, 0.2) is 64.6 Å². The highest BCUT2D eigenvalue weighted by Gasteiger charge is 2.32. The molecule has 0 saturated carbocycles. The molecule has 9 heteroatoms. The first kappa shape index (κ1) is 37.0. The van der Waals surface area contributed by atoms with E-state index in [9.17, 15) is 22.8 Å². The number of thiophene rings is 1. The summed E-state index contributed by atoms with van der Waals surface area (Å²) in [5.41, 5.74) is 2.34. The lowest BCUT2D eigenvalue weighted by Crippen LogP contribution is -2.39. The van der Waals surface area contributed by atoms with Crippen molar-refractivity contribution in [1.82, 2.24) is 15.5 Å². The molecule has 2 N–H and O–H groups in total. The van der Waals surface area contributed by atoms with Gasteiger partial charge in [0.1, 0.15) is 0 Å². The molecule has 0 radical (unpaired) electrons. The average Bonchev–Trinajstić information content (AvgIpc) is 3.37. The number of ketones is 1. The summed E-state index contributed by atoms with van der Waals surface area (Å²) in [6, 6.07) is 0. The highest BCUT2D eigenvalue weighted by atomic mass is 32.1. The minimum absolute atomic E-state index is 0.108. The van der Waals surface area contributed by atoms with Crippen molar-refractivity contribution in [2.45, 2.75) is 99.6 Å². The van der Waals surface area contributed by atoms with Crippen LogP contribution in [0.3, 0.4) is 0 Å². The van der Waals surface area contributed by atoms with Crippen molar-refractivity contribution in [2.75, 3.05) is 13.1 Å². The lowest BCUT2D eigenvalue weighted by atomic mass is 10.0. The molecule has 0 aliphatic carbocycles. The number of nitrogens with zero attached hydrogens (tertiary/aromatic N) is 1. The van der Waals surface area contributed by atoms with E-state index in [4.69, 9.17) is 0 Å². The van der Waals surface area contributed by atoms with Crippen molar-refractivity contribution in [3.8, 4) is 0 Å². The highest BCUT2D eigenvalue weighted by molar-refractivity contribution is 7.10. The third kappa shape index (κ3) is 11.7. The zero-order valence-corrected chi connectivity index (χ0v) is 27.1. The van der Waals surface area contributed by atoms with Gasteiger partial charge in [-0.3, -0.25) is 9.59 Å². The molecule has 1 aliphatic heterocycles. The topological polar surface area (TPSA) is 61.4 Å². The molecule has 2 heterocycles. The molecule has 234 valence electrons. The first-order valence-electron chi connectivity index (χ1n) is 14.8. The molecule has 0 bridgehead atoms. The van der Waals surface area contributed by atoms with Gasteiger partial charge in [0.15, 0.2) is 5.78 Å². The summed E-state index contributed by atoms with van der Waals surface area (Å²) in [7, 11) is 0. The van der Waals surface area contributed by atoms with E-state index in [0.29, 0.717) is 17.6 Å². The minimum Gasteiger partial charge on any atom is -0.372 e. The number of hydrogen-bond acceptors (Lipinski definition) is 5. The molecule has 0 aromatic carbocycles. The number of Topliss-reactive ketones (excluding diaryl/α,β-unsaturated/α-hetero) is 1. The third-order valence-electron chi connectivity index (χ3n) is 6.76. The fourth-order valence-corrected chi connectivity index (χ4v) is 5.30. The summed E-state index contributed by atoms with van der Waals surface area (Å²) >= 11 is 1.53. The Labute approximate surface area is 254 Å². The number of carbonyl (C=O) groups is 2. The Bertz CT molecular complexity index is 1190. The van der Waals surface area contributed by atoms with Gasteiger partial charge in [0.25, 0.3) is 5.91 Å². The lowest BCUT2D eigenvalue weighted by molar-refractivity contribution is -0.115. The number of aryl methyl sites for hydroxylation is 1. The molecule has 0 atom stereocenters. The maximum atomic E-state index is 13.4. The zero-order valence-electron chi connectivity index (χ0n) is 26.3. The van der Waals surface area contributed by atoms with Crippen LogP contribution in [0.1, 0.15) is 101 Å². The van der Waals surface area contributed by atoms with Gasteiger partial charge in [-0.05, 0) is 64.0 Å². The van der Waals surface area contributed by atoms with Crippen LogP contribution in [-0.4, -0.2) is 35.9 Å². The molecule has 5 nitrogen and oxygen atoms in total. The van der Waals surface area contributed by atoms with Crippen LogP contribution in [0.2, 0.25) is 0 Å². The van der Waals surface area contributed by atoms with Crippen molar-refractivity contribution >= 4 is 23.0 Å². The van der Waals surface area contributed by atoms with E-state index in [0.717, 1.165) is 85.7 Å². The number of amides is 1. The fraction of sp³-hybridized carbons (Fsp3) is 0.515. The summed E-state index contributed by atoms with van der Waals surface area (Å²) in [6.07, 6.45) is 7.16. The molecule has 1 saturated heterocycles. The quantitative estimate of drug-likeness (QED) is 0.184. The average molecular weight is 608 g/mol. The Morgan fingerprint density at radius 2 is 1.86 bits per heavy atom. The van der Waals surface area contributed by atoms with Crippen molar-refractivity contribution < 1.29 is 22.8 Å². The van der Waals surface area contributed by atoms with Gasteiger partial charge in [0, 0.05) is 36.0 Å². The molecule has 1 aliphatic rings. The summed E-state index contributed by atoms with van der Waals surface area (Å²) in [5.74, 6) is 0.590. The molecule has 1 fully saturated rings. The third-order valence-corrected chi connectivity index (χ3v) is 7.93. The number of carbonyl (C=O) groups excluding carboxylic acids is 2. The normalized spacial score (nSPS) is 15.2. The molecule has 0 spiro atoms. The van der Waals surface area contributed by atoms with E-state index in [2.05, 4.69) is 24.1 Å². The van der Waals surface area contributed by atoms with Crippen LogP contribution in [0.4, 0.5) is 13.2 Å². The summed E-state index contributed by atoms with van der Waals surface area (Å²) < 4.78 is 40.1. The maximum Gasteiger partial charge on any atom is 0.416 e. The largest absolute Gasteiger partial charge is 0.416 e. The fourth-order valence-electron chi connectivity index (χ4n) is 4.27. The van der Waals surface area contributed by atoms with Crippen LogP contribution in [-0.2, 0) is 17.6 Å². The van der Waals surface area contributed by atoms with Crippen LogP contribution in [0.5, 0.6) is 0 Å².